The smallest absolute Gasteiger partial charge is 0.0618 e. The molecule has 0 fully saturated rings. The lowest BCUT2D eigenvalue weighted by molar-refractivity contribution is 0.342. The van der Waals surface area contributed by atoms with Gasteiger partial charge in [-0.2, -0.15) is 0 Å². The third kappa shape index (κ3) is 5.36. The average molecular weight is 138 g/mol. The van der Waals surface area contributed by atoms with Gasteiger partial charge in [-0.15, -0.1) is 5.73 Å². The molecule has 0 amide bonds. The third-order valence-electron chi connectivity index (χ3n) is 1.05. The molecule has 0 saturated carbocycles. The lowest BCUT2D eigenvalue weighted by Gasteiger charge is -1.84. The molecule has 0 bridgehead atoms. The summed E-state index contributed by atoms with van der Waals surface area (Å²) in [5, 5.41) is 8.46. The van der Waals surface area contributed by atoms with Crippen LogP contribution >= 0.6 is 0 Å². The zero-order valence-corrected chi connectivity index (χ0v) is 6.59. The Kier molecular flexibility index (Phi) is 5.85. The molecule has 0 aliphatic carbocycles. The molecular weight excluding hydrogens is 124 g/mol. The molecule has 10 heavy (non-hydrogen) atoms. The fraction of sp³-hybridized carbons (Fsp3) is 0.444. The fourth-order valence-electron chi connectivity index (χ4n) is 0.511. The first-order valence-corrected chi connectivity index (χ1v) is 3.49. The predicted octanol–water partition coefficient (Wildman–Crippen LogP) is 2.05. The highest BCUT2D eigenvalue weighted by Gasteiger charge is 1.75. The largest absolute Gasteiger partial charge is 0.392 e. The lowest BCUT2D eigenvalue weighted by atomic mass is 10.3. The van der Waals surface area contributed by atoms with Crippen molar-refractivity contribution < 1.29 is 5.11 Å². The van der Waals surface area contributed by atoms with Gasteiger partial charge in [0.05, 0.1) is 6.61 Å². The molecule has 0 unspecified atom stereocenters. The molecule has 1 nitrogen and oxygen atoms in total. The molecule has 0 aliphatic rings. The second-order valence-electron chi connectivity index (χ2n) is 2.05. The number of aliphatic hydroxyl groups is 1. The van der Waals surface area contributed by atoms with E-state index in [2.05, 4.69) is 12.7 Å². The monoisotopic (exact) mass is 138 g/mol. The van der Waals surface area contributed by atoms with Crippen LogP contribution in [-0.2, 0) is 0 Å². The van der Waals surface area contributed by atoms with Gasteiger partial charge in [0.25, 0.3) is 0 Å². The first kappa shape index (κ1) is 9.22. The zero-order valence-electron chi connectivity index (χ0n) is 6.59. The van der Waals surface area contributed by atoms with Crippen LogP contribution in [0.2, 0.25) is 0 Å². The van der Waals surface area contributed by atoms with Crippen LogP contribution in [0.15, 0.2) is 29.5 Å². The summed E-state index contributed by atoms with van der Waals surface area (Å²) in [5.41, 5.74) is 4.04. The van der Waals surface area contributed by atoms with E-state index < -0.39 is 0 Å². The molecule has 0 aromatic heterocycles. The van der Waals surface area contributed by atoms with E-state index in [9.17, 15) is 0 Å². The fourth-order valence-corrected chi connectivity index (χ4v) is 0.511. The molecule has 0 spiro atoms. The van der Waals surface area contributed by atoms with E-state index in [1.165, 1.54) is 0 Å². The molecular formula is C9H14O. The number of rotatable bonds is 3. The molecule has 0 rings (SSSR count). The van der Waals surface area contributed by atoms with E-state index in [4.69, 9.17) is 5.11 Å². The van der Waals surface area contributed by atoms with Gasteiger partial charge in [-0.1, -0.05) is 13.0 Å². The first-order valence-electron chi connectivity index (χ1n) is 3.49. The van der Waals surface area contributed by atoms with Gasteiger partial charge in [0.15, 0.2) is 0 Å². The molecule has 56 valence electrons. The van der Waals surface area contributed by atoms with Crippen molar-refractivity contribution in [3.8, 4) is 0 Å². The summed E-state index contributed by atoms with van der Waals surface area (Å²) in [4.78, 5) is 0. The van der Waals surface area contributed by atoms with Gasteiger partial charge in [-0.25, -0.2) is 0 Å². The topological polar surface area (TPSA) is 20.2 Å². The van der Waals surface area contributed by atoms with Crippen molar-refractivity contribution in [1.29, 1.82) is 0 Å². The van der Waals surface area contributed by atoms with Crippen molar-refractivity contribution in [2.75, 3.05) is 6.61 Å². The number of allylic oxidation sites excluding steroid dienone is 2. The summed E-state index contributed by atoms with van der Waals surface area (Å²) in [6.07, 6.45) is 6.56. The van der Waals surface area contributed by atoms with E-state index >= 15 is 0 Å². The highest BCUT2D eigenvalue weighted by molar-refractivity contribution is 5.15. The zero-order chi connectivity index (χ0) is 7.82. The summed E-state index contributed by atoms with van der Waals surface area (Å²) in [5.74, 6) is 0. The van der Waals surface area contributed by atoms with Gasteiger partial charge in [0.1, 0.15) is 0 Å². The Morgan fingerprint density at radius 3 is 2.80 bits per heavy atom. The van der Waals surface area contributed by atoms with E-state index in [0.29, 0.717) is 0 Å². The molecule has 0 aliphatic heterocycles. The predicted molar refractivity (Wildman–Crippen MR) is 43.8 cm³/mol. The van der Waals surface area contributed by atoms with Crippen LogP contribution in [0.1, 0.15) is 20.3 Å². The van der Waals surface area contributed by atoms with Crippen molar-refractivity contribution >= 4 is 0 Å². The van der Waals surface area contributed by atoms with Gasteiger partial charge in [0, 0.05) is 0 Å². The summed E-state index contributed by atoms with van der Waals surface area (Å²) in [6.45, 7) is 4.11. The standard InChI is InChI=1S/C9H14O/c1-3-4-5-6-9(2)7-8-10/h4,6-7,10H,3,8H2,1-2H3. The normalized spacial score (nSPS) is 10.5. The van der Waals surface area contributed by atoms with Crippen molar-refractivity contribution in [3.05, 3.63) is 29.5 Å². The number of aliphatic hydroxyl groups excluding tert-OH is 1. The van der Waals surface area contributed by atoms with E-state index in [1.807, 2.05) is 19.1 Å². The first-order chi connectivity index (χ1) is 4.81. The second kappa shape index (κ2) is 6.34. The quantitative estimate of drug-likeness (QED) is 0.467. The molecule has 0 saturated heterocycles. The second-order valence-corrected chi connectivity index (χ2v) is 2.05. The third-order valence-corrected chi connectivity index (χ3v) is 1.05. The molecule has 1 heteroatoms. The van der Waals surface area contributed by atoms with Crippen LogP contribution in [0.4, 0.5) is 0 Å². The Morgan fingerprint density at radius 1 is 1.60 bits per heavy atom. The maximum atomic E-state index is 8.46. The van der Waals surface area contributed by atoms with Gasteiger partial charge >= 0.3 is 0 Å². The Balaban J connectivity index is 3.88. The highest BCUT2D eigenvalue weighted by atomic mass is 16.2. The molecule has 0 atom stereocenters. The van der Waals surface area contributed by atoms with E-state index in [1.54, 1.807) is 6.08 Å². The SMILES string of the molecule is CCC=C=CC(C)=CCO. The van der Waals surface area contributed by atoms with E-state index in [-0.39, 0.29) is 6.61 Å². The minimum Gasteiger partial charge on any atom is -0.392 e. The minimum atomic E-state index is 0.107. The average Bonchev–Trinajstić information content (AvgIpc) is 1.89. The summed E-state index contributed by atoms with van der Waals surface area (Å²) in [7, 11) is 0. The van der Waals surface area contributed by atoms with E-state index in [0.717, 1.165) is 12.0 Å². The maximum absolute atomic E-state index is 8.46. The van der Waals surface area contributed by atoms with Crippen molar-refractivity contribution in [1.82, 2.24) is 0 Å². The summed E-state index contributed by atoms with van der Waals surface area (Å²) >= 11 is 0. The Morgan fingerprint density at radius 2 is 2.30 bits per heavy atom. The Bertz CT molecular complexity index is 160. The van der Waals surface area contributed by atoms with Crippen molar-refractivity contribution in [2.45, 2.75) is 20.3 Å². The van der Waals surface area contributed by atoms with Crippen LogP contribution in [-0.4, -0.2) is 11.7 Å². The van der Waals surface area contributed by atoms with Crippen LogP contribution in [0.25, 0.3) is 0 Å². The van der Waals surface area contributed by atoms with Gasteiger partial charge in [-0.05, 0) is 31.1 Å². The van der Waals surface area contributed by atoms with Gasteiger partial charge < -0.3 is 5.11 Å². The molecule has 0 radical (unpaired) electrons. The number of hydrogen-bond donors (Lipinski definition) is 1. The highest BCUT2D eigenvalue weighted by Crippen LogP contribution is 1.91. The van der Waals surface area contributed by atoms with Crippen LogP contribution in [0.3, 0.4) is 0 Å². The molecule has 0 heterocycles. The van der Waals surface area contributed by atoms with Gasteiger partial charge in [0.2, 0.25) is 0 Å². The Labute approximate surface area is 62.4 Å². The minimum absolute atomic E-state index is 0.107. The van der Waals surface area contributed by atoms with Crippen LogP contribution in [0.5, 0.6) is 0 Å². The maximum Gasteiger partial charge on any atom is 0.0618 e. The summed E-state index contributed by atoms with van der Waals surface area (Å²) in [6, 6.07) is 0. The lowest BCUT2D eigenvalue weighted by Crippen LogP contribution is -1.73. The van der Waals surface area contributed by atoms with Crippen LogP contribution in [0, 0.1) is 0 Å². The van der Waals surface area contributed by atoms with Crippen molar-refractivity contribution in [2.24, 2.45) is 0 Å². The van der Waals surface area contributed by atoms with Crippen molar-refractivity contribution in [3.63, 3.8) is 0 Å². The van der Waals surface area contributed by atoms with Gasteiger partial charge in [-0.3, -0.25) is 0 Å². The summed E-state index contributed by atoms with van der Waals surface area (Å²) < 4.78 is 0. The molecule has 0 aromatic rings. The molecule has 0 aromatic carbocycles. The van der Waals surface area contributed by atoms with Crippen LogP contribution < -0.4 is 0 Å². The Hall–Kier alpha value is -0.780. The molecule has 1 N–H and O–H groups in total. The number of hydrogen-bond acceptors (Lipinski definition) is 1.